The summed E-state index contributed by atoms with van der Waals surface area (Å²) in [4.78, 5) is 41.5. The van der Waals surface area contributed by atoms with E-state index in [1.807, 2.05) is 25.8 Å². The lowest BCUT2D eigenvalue weighted by Crippen LogP contribution is -2.53. The lowest BCUT2D eigenvalue weighted by Gasteiger charge is -2.37. The summed E-state index contributed by atoms with van der Waals surface area (Å²) in [7, 11) is 3.23. The Balaban J connectivity index is 1.81. The number of amides is 1. The molecule has 3 heterocycles. The first-order valence-corrected chi connectivity index (χ1v) is 9.39. The summed E-state index contributed by atoms with van der Waals surface area (Å²) in [5.41, 5.74) is 4.30. The number of hydrogen-bond donors (Lipinski definition) is 2. The van der Waals surface area contributed by atoms with Crippen molar-refractivity contribution < 1.29 is 29.0 Å². The van der Waals surface area contributed by atoms with E-state index in [0.717, 1.165) is 0 Å². The van der Waals surface area contributed by atoms with Crippen LogP contribution in [0, 0.1) is 11.8 Å². The Bertz CT molecular complexity index is 847. The van der Waals surface area contributed by atoms with Crippen molar-refractivity contribution in [3.8, 4) is 0 Å². The lowest BCUT2D eigenvalue weighted by atomic mass is 9.81. The van der Waals surface area contributed by atoms with Gasteiger partial charge in [0.2, 0.25) is 11.6 Å². The van der Waals surface area contributed by atoms with Gasteiger partial charge in [-0.1, -0.05) is 13.8 Å². The van der Waals surface area contributed by atoms with Crippen molar-refractivity contribution in [1.82, 2.24) is 9.80 Å². The number of ether oxygens (including phenoxy) is 2. The molecular formula is C19H25N3O6. The van der Waals surface area contributed by atoms with Gasteiger partial charge in [-0.2, -0.15) is 0 Å². The van der Waals surface area contributed by atoms with Crippen LogP contribution < -0.4 is 5.73 Å². The third-order valence-corrected chi connectivity index (χ3v) is 6.28. The van der Waals surface area contributed by atoms with E-state index >= 15 is 0 Å². The molecule has 2 fully saturated rings. The maximum atomic E-state index is 13.4. The minimum absolute atomic E-state index is 0.00648. The molecule has 0 bridgehead atoms. The van der Waals surface area contributed by atoms with Gasteiger partial charge in [-0.3, -0.25) is 14.5 Å². The van der Waals surface area contributed by atoms with Crippen LogP contribution in [-0.4, -0.2) is 77.7 Å². The molecule has 4 aliphatic rings. The summed E-state index contributed by atoms with van der Waals surface area (Å²) in [6.07, 6.45) is -0.605. The zero-order valence-corrected chi connectivity index (χ0v) is 16.4. The average Bonchev–Trinajstić information content (AvgIpc) is 3.02. The van der Waals surface area contributed by atoms with E-state index < -0.39 is 23.5 Å². The van der Waals surface area contributed by atoms with Crippen LogP contribution in [0.25, 0.3) is 0 Å². The van der Waals surface area contributed by atoms with Crippen molar-refractivity contribution in [2.45, 2.75) is 38.1 Å². The molecule has 5 atom stereocenters. The van der Waals surface area contributed by atoms with Gasteiger partial charge < -0.3 is 25.2 Å². The van der Waals surface area contributed by atoms with E-state index in [1.165, 1.54) is 7.11 Å². The van der Waals surface area contributed by atoms with Crippen molar-refractivity contribution in [2.75, 3.05) is 27.3 Å². The number of aliphatic hydroxyl groups is 1. The molecule has 9 nitrogen and oxygen atoms in total. The van der Waals surface area contributed by atoms with Gasteiger partial charge in [0.25, 0.3) is 0 Å². The molecule has 1 amide bonds. The van der Waals surface area contributed by atoms with Gasteiger partial charge in [0.05, 0.1) is 24.8 Å². The largest absolute Gasteiger partial charge is 0.492 e. The Morgan fingerprint density at radius 2 is 2.04 bits per heavy atom. The first-order valence-electron chi connectivity index (χ1n) is 9.39. The third-order valence-electron chi connectivity index (χ3n) is 6.28. The number of allylic oxidation sites excluding steroid dienone is 2. The number of hydrogen-bond acceptors (Lipinski definition) is 8. The van der Waals surface area contributed by atoms with Crippen LogP contribution >= 0.6 is 0 Å². The van der Waals surface area contributed by atoms with Crippen LogP contribution in [0.3, 0.4) is 0 Å². The molecule has 1 aliphatic carbocycles. The minimum atomic E-state index is -1.50. The molecule has 4 rings (SSSR count). The van der Waals surface area contributed by atoms with E-state index in [0.29, 0.717) is 18.5 Å². The summed E-state index contributed by atoms with van der Waals surface area (Å²) in [6, 6.07) is -0.167. The van der Waals surface area contributed by atoms with E-state index in [9.17, 15) is 19.5 Å². The lowest BCUT2D eigenvalue weighted by molar-refractivity contribution is -0.127. The Morgan fingerprint density at radius 3 is 2.61 bits per heavy atom. The molecule has 3 N–H and O–H groups in total. The van der Waals surface area contributed by atoms with Gasteiger partial charge >= 0.3 is 6.09 Å². The molecule has 0 radical (unpaired) electrons. The number of nitrogens with two attached hydrogens (primary N) is 1. The second-order valence-electron chi connectivity index (χ2n) is 8.28. The minimum Gasteiger partial charge on any atom is -0.492 e. The Morgan fingerprint density at radius 1 is 1.36 bits per heavy atom. The number of primary amides is 1. The molecule has 28 heavy (non-hydrogen) atoms. The Labute approximate surface area is 162 Å². The van der Waals surface area contributed by atoms with Crippen molar-refractivity contribution >= 4 is 17.7 Å². The van der Waals surface area contributed by atoms with Crippen LogP contribution in [0.15, 0.2) is 22.6 Å². The number of rotatable bonds is 5. The molecule has 0 aromatic heterocycles. The number of nitrogens with zero attached hydrogens (tertiary/aromatic N) is 2. The van der Waals surface area contributed by atoms with Gasteiger partial charge in [0, 0.05) is 23.7 Å². The molecule has 152 valence electrons. The highest BCUT2D eigenvalue weighted by Crippen LogP contribution is 2.57. The number of Topliss-reactive ketones (excluding diaryl/α,β-unsaturated/α-hetero) is 2. The highest BCUT2D eigenvalue weighted by molar-refractivity contribution is 6.25. The molecule has 2 saturated heterocycles. The van der Waals surface area contributed by atoms with Gasteiger partial charge in [0.15, 0.2) is 11.5 Å². The number of piperazine rings is 1. The molecular weight excluding hydrogens is 366 g/mol. The molecule has 9 heteroatoms. The maximum Gasteiger partial charge on any atom is 0.404 e. The average molecular weight is 391 g/mol. The summed E-state index contributed by atoms with van der Waals surface area (Å²) >= 11 is 0. The van der Waals surface area contributed by atoms with E-state index in [1.54, 1.807) is 4.90 Å². The predicted molar refractivity (Wildman–Crippen MR) is 96.6 cm³/mol. The fraction of sp³-hybridized carbons (Fsp3) is 0.632. The summed E-state index contributed by atoms with van der Waals surface area (Å²) in [6.45, 7) is 4.06. The zero-order chi connectivity index (χ0) is 20.5. The first kappa shape index (κ1) is 18.9. The van der Waals surface area contributed by atoms with Crippen LogP contribution in [0.2, 0.25) is 0 Å². The highest BCUT2D eigenvalue weighted by atomic mass is 16.5. The number of likely N-dealkylation sites (N-methyl/N-ethyl adjacent to an activating group) is 1. The van der Waals surface area contributed by atoms with Crippen molar-refractivity contribution in [3.05, 3.63) is 22.6 Å². The third kappa shape index (κ3) is 2.29. The topological polar surface area (TPSA) is 122 Å². The van der Waals surface area contributed by atoms with Crippen LogP contribution in [-0.2, 0) is 19.1 Å². The number of fused-ring (bicyclic) bond motifs is 4. The fourth-order valence-electron chi connectivity index (χ4n) is 5.09. The van der Waals surface area contributed by atoms with Crippen LogP contribution in [0.5, 0.6) is 0 Å². The molecule has 0 spiro atoms. The standard InChI is InChI=1S/C19H25N3O6/c1-8(2)5-9-14(23)13-12(15(24)16(9)27-4)10(7-28-18(20)25)19(26)17-11(21(17)3)6-22(13)19/h8,10-11,17,26H,5-7H2,1-4H3,(H2,20,25)/t10-,11-,17-,19+,21?/m0/s1. The molecule has 0 saturated carbocycles. The second kappa shape index (κ2) is 6.05. The Hall–Kier alpha value is -2.39. The summed E-state index contributed by atoms with van der Waals surface area (Å²) in [5.74, 6) is -1.46. The van der Waals surface area contributed by atoms with Gasteiger partial charge in [0.1, 0.15) is 6.61 Å². The van der Waals surface area contributed by atoms with E-state index in [-0.39, 0.29) is 47.4 Å². The first-order chi connectivity index (χ1) is 13.1. The van der Waals surface area contributed by atoms with Crippen molar-refractivity contribution in [1.29, 1.82) is 0 Å². The second-order valence-corrected chi connectivity index (χ2v) is 8.28. The molecule has 3 aliphatic heterocycles. The summed E-state index contributed by atoms with van der Waals surface area (Å²) < 4.78 is 10.3. The number of methoxy groups -OCH3 is 1. The predicted octanol–water partition coefficient (Wildman–Crippen LogP) is -0.249. The van der Waals surface area contributed by atoms with Crippen molar-refractivity contribution in [3.63, 3.8) is 0 Å². The number of carbonyl (C=O) groups excluding carboxylic acids is 3. The number of ketones is 2. The van der Waals surface area contributed by atoms with Crippen LogP contribution in [0.4, 0.5) is 4.79 Å². The Kier molecular flexibility index (Phi) is 4.10. The normalized spacial score (nSPS) is 36.0. The quantitative estimate of drug-likeness (QED) is 0.486. The highest BCUT2D eigenvalue weighted by Gasteiger charge is 2.74. The maximum absolute atomic E-state index is 13.4. The van der Waals surface area contributed by atoms with E-state index in [2.05, 4.69) is 0 Å². The monoisotopic (exact) mass is 391 g/mol. The van der Waals surface area contributed by atoms with E-state index in [4.69, 9.17) is 15.2 Å². The zero-order valence-electron chi connectivity index (χ0n) is 16.4. The van der Waals surface area contributed by atoms with Gasteiger partial charge in [-0.05, 0) is 19.4 Å². The van der Waals surface area contributed by atoms with Gasteiger partial charge in [-0.15, -0.1) is 0 Å². The SMILES string of the molecule is COC1=C(CC(C)C)C(=O)C2=C(C1=O)[C@H](COC(N)=O)[C@@]1(O)[C@@H]3[C@H](CN21)N3C. The fourth-order valence-corrected chi connectivity index (χ4v) is 5.09. The van der Waals surface area contributed by atoms with Crippen LogP contribution in [0.1, 0.15) is 20.3 Å². The molecule has 0 aromatic carbocycles. The van der Waals surface area contributed by atoms with Gasteiger partial charge in [-0.25, -0.2) is 4.79 Å². The summed E-state index contributed by atoms with van der Waals surface area (Å²) in [5, 5.41) is 11.6. The molecule has 0 aromatic rings. The van der Waals surface area contributed by atoms with Crippen molar-refractivity contribution in [2.24, 2.45) is 17.6 Å². The molecule has 1 unspecified atom stereocenters. The number of carbonyl (C=O) groups is 3. The smallest absolute Gasteiger partial charge is 0.404 e.